The third-order valence-corrected chi connectivity index (χ3v) is 5.68. The molecule has 6 nitrogen and oxygen atoms in total. The van der Waals surface area contributed by atoms with Crippen LogP contribution in [-0.2, 0) is 9.59 Å². The first kappa shape index (κ1) is 18.6. The summed E-state index contributed by atoms with van der Waals surface area (Å²) in [6, 6.07) is 3.30. The summed E-state index contributed by atoms with van der Waals surface area (Å²) in [4.78, 5) is 25.4. The van der Waals surface area contributed by atoms with Crippen molar-refractivity contribution in [1.82, 2.24) is 5.01 Å². The number of rotatable bonds is 6. The average molecular weight is 399 g/mol. The van der Waals surface area contributed by atoms with Crippen LogP contribution < -0.4 is 9.47 Å². The molecule has 2 aliphatic carbocycles. The summed E-state index contributed by atoms with van der Waals surface area (Å²) in [5, 5.41) is 5.47. The summed E-state index contributed by atoms with van der Waals surface area (Å²) in [7, 11) is 0. The number of halogens is 1. The number of terminal acetylenes is 1. The maximum Gasteiger partial charge on any atom is 0.254 e. The van der Waals surface area contributed by atoms with Gasteiger partial charge < -0.3 is 9.47 Å². The van der Waals surface area contributed by atoms with E-state index in [1.807, 2.05) is 19.1 Å². The van der Waals surface area contributed by atoms with Crippen molar-refractivity contribution in [3.8, 4) is 23.8 Å². The van der Waals surface area contributed by atoms with Crippen molar-refractivity contribution in [2.24, 2.45) is 28.8 Å². The first-order valence-electron chi connectivity index (χ1n) is 9.17. The predicted octanol–water partition coefficient (Wildman–Crippen LogP) is 2.89. The lowest BCUT2D eigenvalue weighted by Gasteiger charge is -2.13. The standard InChI is InChI=1S/C21H19ClN2O4/c1-3-7-28-19-15(22)8-12(9-16(19)27-4-2)11-23-24-20(25)17-13-5-6-14(10-13)18(17)21(24)26/h1,5-6,8-9,11,13-14,17-18H,4,7,10H2,2H3/b23-11+. The van der Waals surface area contributed by atoms with Crippen molar-refractivity contribution in [2.75, 3.05) is 13.2 Å². The number of amides is 2. The molecule has 7 heteroatoms. The van der Waals surface area contributed by atoms with Crippen LogP contribution in [0.4, 0.5) is 0 Å². The van der Waals surface area contributed by atoms with Crippen LogP contribution in [0.5, 0.6) is 11.5 Å². The second kappa shape index (κ2) is 7.33. The highest BCUT2D eigenvalue weighted by atomic mass is 35.5. The number of fused-ring (bicyclic) bond motifs is 5. The smallest absolute Gasteiger partial charge is 0.254 e. The second-order valence-electron chi connectivity index (χ2n) is 6.99. The van der Waals surface area contributed by atoms with E-state index in [4.69, 9.17) is 27.5 Å². The van der Waals surface area contributed by atoms with Crippen molar-refractivity contribution < 1.29 is 19.1 Å². The number of benzene rings is 1. The van der Waals surface area contributed by atoms with Gasteiger partial charge in [0.25, 0.3) is 11.8 Å². The monoisotopic (exact) mass is 398 g/mol. The van der Waals surface area contributed by atoms with Crippen molar-refractivity contribution in [2.45, 2.75) is 13.3 Å². The van der Waals surface area contributed by atoms with Crippen LogP contribution in [0.3, 0.4) is 0 Å². The van der Waals surface area contributed by atoms with E-state index >= 15 is 0 Å². The number of allylic oxidation sites excluding steroid dienone is 2. The molecule has 4 rings (SSSR count). The van der Waals surface area contributed by atoms with Gasteiger partial charge in [0.1, 0.15) is 6.61 Å². The molecule has 1 saturated heterocycles. The Morgan fingerprint density at radius 3 is 2.54 bits per heavy atom. The van der Waals surface area contributed by atoms with Crippen LogP contribution in [0.2, 0.25) is 5.02 Å². The molecular weight excluding hydrogens is 380 g/mol. The predicted molar refractivity (Wildman–Crippen MR) is 104 cm³/mol. The molecule has 1 aromatic carbocycles. The Hall–Kier alpha value is -2.78. The number of ether oxygens (including phenoxy) is 2. The first-order chi connectivity index (χ1) is 13.5. The van der Waals surface area contributed by atoms with Crippen LogP contribution >= 0.6 is 11.6 Å². The fourth-order valence-corrected chi connectivity index (χ4v) is 4.58. The molecule has 3 aliphatic rings. The van der Waals surface area contributed by atoms with Gasteiger partial charge >= 0.3 is 0 Å². The molecular formula is C21H19ClN2O4. The Morgan fingerprint density at radius 2 is 1.93 bits per heavy atom. The van der Waals surface area contributed by atoms with E-state index in [1.54, 1.807) is 12.1 Å². The van der Waals surface area contributed by atoms with Crippen LogP contribution in [0, 0.1) is 36.0 Å². The van der Waals surface area contributed by atoms with E-state index in [0.29, 0.717) is 28.7 Å². The molecule has 144 valence electrons. The summed E-state index contributed by atoms with van der Waals surface area (Å²) in [5.41, 5.74) is 0.584. The fraction of sp³-hybridized carbons (Fsp3) is 0.381. The molecule has 4 unspecified atom stereocenters. The molecule has 1 aliphatic heterocycles. The first-order valence-corrected chi connectivity index (χ1v) is 9.55. The highest BCUT2D eigenvalue weighted by Gasteiger charge is 2.59. The highest BCUT2D eigenvalue weighted by Crippen LogP contribution is 2.52. The van der Waals surface area contributed by atoms with E-state index in [2.05, 4.69) is 11.0 Å². The summed E-state index contributed by atoms with van der Waals surface area (Å²) < 4.78 is 11.0. The molecule has 4 atom stereocenters. The number of carbonyl (C=O) groups excluding carboxylic acids is 2. The zero-order valence-electron chi connectivity index (χ0n) is 15.3. The van der Waals surface area contributed by atoms with Gasteiger partial charge in [0.05, 0.1) is 29.7 Å². The molecule has 28 heavy (non-hydrogen) atoms. The lowest BCUT2D eigenvalue weighted by molar-refractivity contribution is -0.140. The molecule has 1 aromatic rings. The Kier molecular flexibility index (Phi) is 4.86. The Balaban J connectivity index is 1.57. The molecule has 0 N–H and O–H groups in total. The normalized spacial score (nSPS) is 27.5. The summed E-state index contributed by atoms with van der Waals surface area (Å²) >= 11 is 6.29. The van der Waals surface area contributed by atoms with Gasteiger partial charge in [0.15, 0.2) is 11.5 Å². The molecule has 0 aromatic heterocycles. The molecule has 1 saturated carbocycles. The summed E-state index contributed by atoms with van der Waals surface area (Å²) in [6.07, 6.45) is 11.7. The Bertz CT molecular complexity index is 903. The maximum atomic E-state index is 12.7. The van der Waals surface area contributed by atoms with Gasteiger partial charge in [-0.3, -0.25) is 9.59 Å². The number of hydrogen-bond acceptors (Lipinski definition) is 5. The zero-order valence-corrected chi connectivity index (χ0v) is 16.1. The van der Waals surface area contributed by atoms with Crippen molar-refractivity contribution in [3.63, 3.8) is 0 Å². The molecule has 0 radical (unpaired) electrons. The number of imide groups is 1. The van der Waals surface area contributed by atoms with E-state index in [9.17, 15) is 9.59 Å². The van der Waals surface area contributed by atoms with Crippen molar-refractivity contribution >= 4 is 29.6 Å². The number of nitrogens with zero attached hydrogens (tertiary/aromatic N) is 2. The van der Waals surface area contributed by atoms with Crippen LogP contribution in [0.25, 0.3) is 0 Å². The quantitative estimate of drug-likeness (QED) is 0.320. The SMILES string of the molecule is C#CCOc1c(Cl)cc(/C=N/N2C(=O)C3C4C=CC(C4)C3C2=O)cc1OCC. The molecule has 2 bridgehead atoms. The van der Waals surface area contributed by atoms with Gasteiger partial charge in [-0.2, -0.15) is 10.1 Å². The van der Waals surface area contributed by atoms with Crippen LogP contribution in [0.15, 0.2) is 29.4 Å². The lowest BCUT2D eigenvalue weighted by atomic mass is 9.85. The van der Waals surface area contributed by atoms with Crippen LogP contribution in [0.1, 0.15) is 18.9 Å². The molecule has 1 heterocycles. The minimum atomic E-state index is -0.276. The number of hydrogen-bond donors (Lipinski definition) is 0. The zero-order chi connectivity index (χ0) is 19.8. The Morgan fingerprint density at radius 1 is 1.25 bits per heavy atom. The fourth-order valence-electron chi connectivity index (χ4n) is 4.30. The van der Waals surface area contributed by atoms with Crippen LogP contribution in [-0.4, -0.2) is 36.3 Å². The van der Waals surface area contributed by atoms with Gasteiger partial charge in [-0.1, -0.05) is 29.7 Å². The minimum absolute atomic E-state index is 0.0587. The van der Waals surface area contributed by atoms with Gasteiger partial charge in [0, 0.05) is 0 Å². The summed E-state index contributed by atoms with van der Waals surface area (Å²) in [6.45, 7) is 2.30. The van der Waals surface area contributed by atoms with Crippen molar-refractivity contribution in [3.05, 3.63) is 34.9 Å². The van der Waals surface area contributed by atoms with Gasteiger partial charge in [-0.25, -0.2) is 0 Å². The maximum absolute atomic E-state index is 12.7. The largest absolute Gasteiger partial charge is 0.490 e. The average Bonchev–Trinajstić information content (AvgIpc) is 3.34. The topological polar surface area (TPSA) is 68.2 Å². The third kappa shape index (κ3) is 2.96. The molecule has 0 spiro atoms. The van der Waals surface area contributed by atoms with E-state index in [1.165, 1.54) is 6.21 Å². The second-order valence-corrected chi connectivity index (χ2v) is 7.40. The van der Waals surface area contributed by atoms with E-state index in [-0.39, 0.29) is 42.1 Å². The molecule has 2 fully saturated rings. The van der Waals surface area contributed by atoms with E-state index < -0.39 is 0 Å². The van der Waals surface area contributed by atoms with Gasteiger partial charge in [-0.15, -0.1) is 6.42 Å². The minimum Gasteiger partial charge on any atom is -0.490 e. The molecule has 2 amide bonds. The van der Waals surface area contributed by atoms with Crippen molar-refractivity contribution in [1.29, 1.82) is 0 Å². The van der Waals surface area contributed by atoms with Gasteiger partial charge in [-0.05, 0) is 42.9 Å². The van der Waals surface area contributed by atoms with E-state index in [0.717, 1.165) is 11.4 Å². The lowest BCUT2D eigenvalue weighted by Crippen LogP contribution is -2.28. The van der Waals surface area contributed by atoms with Gasteiger partial charge in [0.2, 0.25) is 0 Å². The highest BCUT2D eigenvalue weighted by molar-refractivity contribution is 6.32. The third-order valence-electron chi connectivity index (χ3n) is 5.40. The number of hydrazone groups is 1. The number of carbonyl (C=O) groups is 2. The summed E-state index contributed by atoms with van der Waals surface area (Å²) in [5.74, 6) is 2.45. The Labute approximate surface area is 168 Å².